The van der Waals surface area contributed by atoms with Crippen LogP contribution in [-0.4, -0.2) is 55.5 Å². The van der Waals surface area contributed by atoms with Crippen molar-refractivity contribution in [3.8, 4) is 11.4 Å². The van der Waals surface area contributed by atoms with E-state index in [1.54, 1.807) is 37.2 Å². The Morgan fingerprint density at radius 3 is 2.59 bits per heavy atom. The van der Waals surface area contributed by atoms with E-state index in [1.165, 1.54) is 23.0 Å². The molecule has 5 rings (SSSR count). The predicted molar refractivity (Wildman–Crippen MR) is 135 cm³/mol. The van der Waals surface area contributed by atoms with Crippen LogP contribution >= 0.6 is 0 Å². The number of ether oxygens (including phenoxy) is 1. The summed E-state index contributed by atoms with van der Waals surface area (Å²) in [5.41, 5.74) is 3.43. The van der Waals surface area contributed by atoms with Gasteiger partial charge in [-0.15, -0.1) is 5.10 Å². The number of aromatic nitrogens is 5. The molecule has 188 valence electrons. The van der Waals surface area contributed by atoms with E-state index in [4.69, 9.17) is 4.74 Å². The lowest BCUT2D eigenvalue weighted by molar-refractivity contribution is 0.0905. The summed E-state index contributed by atoms with van der Waals surface area (Å²) in [6.45, 7) is -0.319. The Kier molecular flexibility index (Phi) is 6.65. The summed E-state index contributed by atoms with van der Waals surface area (Å²) < 4.78 is 22.0. The predicted octanol–water partition coefficient (Wildman–Crippen LogP) is 3.22. The molecule has 0 saturated heterocycles. The highest BCUT2D eigenvalue weighted by atomic mass is 19.1. The van der Waals surface area contributed by atoms with Gasteiger partial charge in [-0.05, 0) is 59.7 Å². The Balaban J connectivity index is 1.56. The van der Waals surface area contributed by atoms with Gasteiger partial charge in [0.25, 0.3) is 5.91 Å². The molecule has 0 unspecified atom stereocenters. The molecule has 5 aromatic rings. The number of aliphatic hydroxyl groups is 1. The summed E-state index contributed by atoms with van der Waals surface area (Å²) in [7, 11) is 3.26. The number of nitrogens with one attached hydrogen (secondary N) is 1. The zero-order valence-electron chi connectivity index (χ0n) is 20.2. The fourth-order valence-corrected chi connectivity index (χ4v) is 4.45. The fraction of sp³-hybridized carbons (Fsp3) is 0.185. The van der Waals surface area contributed by atoms with Gasteiger partial charge in [0, 0.05) is 18.4 Å². The molecule has 2 N–H and O–H groups in total. The van der Waals surface area contributed by atoms with Crippen molar-refractivity contribution in [3.63, 3.8) is 0 Å². The summed E-state index contributed by atoms with van der Waals surface area (Å²) in [5.74, 6) is -0.517. The van der Waals surface area contributed by atoms with Crippen LogP contribution in [0.15, 0.2) is 79.1 Å². The Morgan fingerprint density at radius 2 is 1.89 bits per heavy atom. The summed E-state index contributed by atoms with van der Waals surface area (Å²) in [6.07, 6.45) is 3.25. The van der Waals surface area contributed by atoms with E-state index in [0.717, 1.165) is 27.7 Å². The second-order valence-corrected chi connectivity index (χ2v) is 8.65. The molecule has 3 aromatic carbocycles. The van der Waals surface area contributed by atoms with Crippen LogP contribution in [0.2, 0.25) is 0 Å². The first-order chi connectivity index (χ1) is 18.0. The second kappa shape index (κ2) is 10.2. The highest BCUT2D eigenvalue weighted by Gasteiger charge is 2.28. The van der Waals surface area contributed by atoms with Gasteiger partial charge in [0.1, 0.15) is 11.6 Å². The van der Waals surface area contributed by atoms with E-state index in [-0.39, 0.29) is 18.1 Å². The van der Waals surface area contributed by atoms with Crippen molar-refractivity contribution in [1.82, 2.24) is 30.1 Å². The first kappa shape index (κ1) is 24.1. The highest BCUT2D eigenvalue weighted by Crippen LogP contribution is 2.33. The maximum Gasteiger partial charge on any atom is 0.273 e. The molecular weight excluding hydrogens is 475 g/mol. The van der Waals surface area contributed by atoms with Gasteiger partial charge < -0.3 is 15.2 Å². The van der Waals surface area contributed by atoms with E-state index in [0.29, 0.717) is 5.75 Å². The molecule has 9 nitrogen and oxygen atoms in total. The number of fused-ring (bicyclic) bond motifs is 1. The van der Waals surface area contributed by atoms with E-state index in [9.17, 15) is 14.3 Å². The lowest BCUT2D eigenvalue weighted by Gasteiger charge is -2.28. The average molecular weight is 501 g/mol. The van der Waals surface area contributed by atoms with Crippen LogP contribution in [0, 0.1) is 5.82 Å². The molecule has 2 atom stereocenters. The number of rotatable bonds is 8. The zero-order valence-corrected chi connectivity index (χ0v) is 20.2. The van der Waals surface area contributed by atoms with Crippen molar-refractivity contribution < 1.29 is 19.0 Å². The first-order valence-corrected chi connectivity index (χ1v) is 11.6. The van der Waals surface area contributed by atoms with Gasteiger partial charge in [-0.1, -0.05) is 23.4 Å². The Labute approximate surface area is 212 Å². The molecule has 0 fully saturated rings. The number of amides is 1. The Hall–Kier alpha value is -4.57. The van der Waals surface area contributed by atoms with Crippen molar-refractivity contribution in [2.45, 2.75) is 12.0 Å². The van der Waals surface area contributed by atoms with Crippen molar-refractivity contribution >= 4 is 16.8 Å². The third-order valence-electron chi connectivity index (χ3n) is 6.23. The molecule has 0 saturated carbocycles. The van der Waals surface area contributed by atoms with E-state index in [2.05, 4.69) is 20.7 Å². The third kappa shape index (κ3) is 4.91. The minimum atomic E-state index is -0.675. The molecule has 0 aliphatic rings. The summed E-state index contributed by atoms with van der Waals surface area (Å²) in [6, 6.07) is 18.8. The molecule has 1 amide bonds. The molecule has 0 aliphatic carbocycles. The van der Waals surface area contributed by atoms with Crippen LogP contribution in [0.5, 0.6) is 5.75 Å². The van der Waals surface area contributed by atoms with E-state index < -0.39 is 17.9 Å². The van der Waals surface area contributed by atoms with Gasteiger partial charge in [0.15, 0.2) is 5.69 Å². The van der Waals surface area contributed by atoms with Crippen LogP contribution in [0.25, 0.3) is 16.6 Å². The van der Waals surface area contributed by atoms with Crippen molar-refractivity contribution in [3.05, 3.63) is 102 Å². The lowest BCUT2D eigenvalue weighted by Crippen LogP contribution is -2.42. The van der Waals surface area contributed by atoms with Crippen LogP contribution in [0.3, 0.4) is 0 Å². The van der Waals surface area contributed by atoms with Crippen LogP contribution in [-0.2, 0) is 7.05 Å². The number of aryl methyl sites for hydroxylation is 1. The normalized spacial score (nSPS) is 12.9. The number of aliphatic hydroxyl groups excluding tert-OH is 1. The van der Waals surface area contributed by atoms with Crippen LogP contribution < -0.4 is 10.1 Å². The van der Waals surface area contributed by atoms with E-state index >= 15 is 0 Å². The molecule has 37 heavy (non-hydrogen) atoms. The number of carbonyl (C=O) groups is 1. The van der Waals surface area contributed by atoms with Crippen molar-refractivity contribution in [2.75, 3.05) is 13.7 Å². The van der Waals surface area contributed by atoms with Gasteiger partial charge >= 0.3 is 0 Å². The molecular formula is C27H25FN6O3. The molecule has 2 aromatic heterocycles. The third-order valence-corrected chi connectivity index (χ3v) is 6.23. The highest BCUT2D eigenvalue weighted by molar-refractivity contribution is 5.92. The smallest absolute Gasteiger partial charge is 0.273 e. The number of nitrogens with zero attached hydrogens (tertiary/aromatic N) is 5. The molecule has 10 heteroatoms. The topological polar surface area (TPSA) is 107 Å². The van der Waals surface area contributed by atoms with Gasteiger partial charge in [-0.2, -0.15) is 5.10 Å². The molecule has 0 radical (unpaired) electrons. The summed E-state index contributed by atoms with van der Waals surface area (Å²) in [5, 5.41) is 26.4. The van der Waals surface area contributed by atoms with Crippen LogP contribution in [0.4, 0.5) is 4.39 Å². The molecule has 0 bridgehead atoms. The van der Waals surface area contributed by atoms with Gasteiger partial charge in [0.2, 0.25) is 0 Å². The SMILES string of the molecule is COc1cccc([C@@H](c2ccc3c(cnn3-c3ccc(F)cc3)c2)[C@@H](CO)NC(=O)c2cn(C)nn2)c1. The standard InChI is InChI=1S/C27H25FN6O3/c1-33-15-23(31-32-33)27(36)30-24(16-35)26(17-4-3-5-22(13-17)37-2)18-6-11-25-19(12-18)14-29-34(25)21-9-7-20(28)8-10-21/h3-15,24,26,35H,16H2,1-2H3,(H,30,36)/t24-,26+/m1/s1. The number of methoxy groups -OCH3 is 1. The number of benzene rings is 3. The van der Waals surface area contributed by atoms with Crippen LogP contribution in [0.1, 0.15) is 27.5 Å². The monoisotopic (exact) mass is 500 g/mol. The minimum Gasteiger partial charge on any atom is -0.497 e. The number of halogens is 1. The second-order valence-electron chi connectivity index (χ2n) is 8.65. The zero-order chi connectivity index (χ0) is 25.9. The van der Waals surface area contributed by atoms with Gasteiger partial charge in [0.05, 0.1) is 43.4 Å². The summed E-state index contributed by atoms with van der Waals surface area (Å²) in [4.78, 5) is 12.9. The number of hydrogen-bond donors (Lipinski definition) is 2. The largest absolute Gasteiger partial charge is 0.497 e. The summed E-state index contributed by atoms with van der Waals surface area (Å²) >= 11 is 0. The quantitative estimate of drug-likeness (QED) is 0.339. The molecule has 2 heterocycles. The number of hydrogen-bond acceptors (Lipinski definition) is 6. The Bertz CT molecular complexity index is 1550. The molecule has 0 spiro atoms. The van der Waals surface area contributed by atoms with Crippen molar-refractivity contribution in [1.29, 1.82) is 0 Å². The first-order valence-electron chi connectivity index (χ1n) is 11.6. The fourth-order valence-electron chi connectivity index (χ4n) is 4.45. The van der Waals surface area contributed by atoms with Crippen molar-refractivity contribution in [2.24, 2.45) is 7.05 Å². The average Bonchev–Trinajstić information content (AvgIpc) is 3.55. The van der Waals surface area contributed by atoms with Gasteiger partial charge in [-0.25, -0.2) is 9.07 Å². The lowest BCUT2D eigenvalue weighted by atomic mass is 9.84. The van der Waals surface area contributed by atoms with Gasteiger partial charge in [-0.3, -0.25) is 9.48 Å². The maximum absolute atomic E-state index is 13.4. The molecule has 0 aliphatic heterocycles. The number of carbonyl (C=O) groups excluding carboxylic acids is 1. The maximum atomic E-state index is 13.4. The van der Waals surface area contributed by atoms with E-state index in [1.807, 2.05) is 42.5 Å². The Morgan fingerprint density at radius 1 is 1.11 bits per heavy atom. The minimum absolute atomic E-state index is 0.154.